The highest BCUT2D eigenvalue weighted by Crippen LogP contribution is 2.40. The van der Waals surface area contributed by atoms with Crippen LogP contribution in [0, 0.1) is 18.4 Å². The summed E-state index contributed by atoms with van der Waals surface area (Å²) < 4.78 is 24.3. The van der Waals surface area contributed by atoms with Gasteiger partial charge in [0.1, 0.15) is 8.07 Å². The Hall–Kier alpha value is -1.58. The van der Waals surface area contributed by atoms with Crippen LogP contribution in [0.2, 0.25) is 16.6 Å². The zero-order valence-electron chi connectivity index (χ0n) is 16.3. The molecule has 0 radical (unpaired) electrons. The SMILES string of the molecule is Cc1ccc(S(=O)(=O)N/N=C/C#C[Si](C(C)C)(C(C)C)C(C)C)cc1. The molecule has 1 N–H and O–H groups in total. The maximum absolute atomic E-state index is 12.2. The topological polar surface area (TPSA) is 58.5 Å². The average molecular weight is 379 g/mol. The summed E-state index contributed by atoms with van der Waals surface area (Å²) in [6.45, 7) is 15.3. The van der Waals surface area contributed by atoms with Crippen LogP contribution in [0.3, 0.4) is 0 Å². The third kappa shape index (κ3) is 5.19. The molecular formula is C19H30N2O2SSi. The number of hydrogen-bond donors (Lipinski definition) is 1. The maximum atomic E-state index is 12.2. The molecule has 1 aromatic rings. The summed E-state index contributed by atoms with van der Waals surface area (Å²) >= 11 is 0. The highest BCUT2D eigenvalue weighted by Gasteiger charge is 2.41. The van der Waals surface area contributed by atoms with Crippen molar-refractivity contribution in [3.8, 4) is 11.5 Å². The van der Waals surface area contributed by atoms with Crippen LogP contribution >= 0.6 is 0 Å². The van der Waals surface area contributed by atoms with E-state index in [1.165, 1.54) is 6.21 Å². The van der Waals surface area contributed by atoms with Gasteiger partial charge in [0.15, 0.2) is 0 Å². The van der Waals surface area contributed by atoms with Crippen molar-refractivity contribution in [2.75, 3.05) is 0 Å². The molecule has 0 spiro atoms. The van der Waals surface area contributed by atoms with Gasteiger partial charge in [0, 0.05) is 0 Å². The molecule has 0 heterocycles. The first-order valence-corrected chi connectivity index (χ1v) is 12.4. The molecule has 0 aliphatic carbocycles. The first kappa shape index (κ1) is 21.5. The van der Waals surface area contributed by atoms with E-state index in [2.05, 4.69) is 62.9 Å². The molecule has 4 nitrogen and oxygen atoms in total. The first-order valence-electron chi connectivity index (χ1n) is 8.66. The molecule has 1 aromatic carbocycles. The molecule has 0 saturated heterocycles. The van der Waals surface area contributed by atoms with Crippen molar-refractivity contribution in [2.45, 2.75) is 70.0 Å². The Morgan fingerprint density at radius 3 is 1.92 bits per heavy atom. The lowest BCUT2D eigenvalue weighted by atomic mass is 10.2. The number of benzene rings is 1. The van der Waals surface area contributed by atoms with Gasteiger partial charge in [-0.2, -0.15) is 18.4 Å². The van der Waals surface area contributed by atoms with Crippen LogP contribution in [0.5, 0.6) is 0 Å². The lowest BCUT2D eigenvalue weighted by Crippen LogP contribution is -2.43. The molecule has 0 unspecified atom stereocenters. The number of sulfonamides is 1. The van der Waals surface area contributed by atoms with Gasteiger partial charge in [0.2, 0.25) is 0 Å². The van der Waals surface area contributed by atoms with E-state index in [-0.39, 0.29) is 4.90 Å². The molecule has 25 heavy (non-hydrogen) atoms. The Morgan fingerprint density at radius 2 is 1.48 bits per heavy atom. The normalized spacial score (nSPS) is 12.7. The second-order valence-corrected chi connectivity index (χ2v) is 14.6. The van der Waals surface area contributed by atoms with E-state index in [0.29, 0.717) is 16.6 Å². The van der Waals surface area contributed by atoms with Crippen molar-refractivity contribution in [1.82, 2.24) is 4.83 Å². The van der Waals surface area contributed by atoms with E-state index < -0.39 is 18.1 Å². The number of aryl methyl sites for hydroxylation is 1. The average Bonchev–Trinajstić information content (AvgIpc) is 2.50. The minimum atomic E-state index is -3.65. The number of nitrogens with zero attached hydrogens (tertiary/aromatic N) is 1. The van der Waals surface area contributed by atoms with Gasteiger partial charge in [-0.1, -0.05) is 65.2 Å². The minimum absolute atomic E-state index is 0.193. The van der Waals surface area contributed by atoms with Crippen LogP contribution in [-0.4, -0.2) is 22.7 Å². The fourth-order valence-corrected chi connectivity index (χ4v) is 9.46. The smallest absolute Gasteiger partial charge is 0.200 e. The van der Waals surface area contributed by atoms with E-state index >= 15 is 0 Å². The zero-order chi connectivity index (χ0) is 19.3. The molecule has 0 bridgehead atoms. The predicted octanol–water partition coefficient (Wildman–Crippen LogP) is 4.48. The van der Waals surface area contributed by atoms with Gasteiger partial charge in [-0.25, -0.2) is 0 Å². The summed E-state index contributed by atoms with van der Waals surface area (Å²) in [6.07, 6.45) is 1.36. The van der Waals surface area contributed by atoms with Crippen molar-refractivity contribution in [1.29, 1.82) is 0 Å². The largest absolute Gasteiger partial charge is 0.276 e. The van der Waals surface area contributed by atoms with Crippen LogP contribution in [0.25, 0.3) is 0 Å². The van der Waals surface area contributed by atoms with E-state index in [9.17, 15) is 8.42 Å². The van der Waals surface area contributed by atoms with E-state index in [4.69, 9.17) is 0 Å². The highest BCUT2D eigenvalue weighted by molar-refractivity contribution is 7.89. The molecule has 6 heteroatoms. The van der Waals surface area contributed by atoms with Crippen LogP contribution in [-0.2, 0) is 10.0 Å². The van der Waals surface area contributed by atoms with Gasteiger partial charge in [0.05, 0.1) is 11.1 Å². The standard InChI is InChI=1S/C19H30N2O2SSi/c1-15(2)25(16(3)4,17(5)6)14-8-13-20-21-24(22,23)19-11-9-18(7)10-12-19/h9-13,15-17,21H,1-7H3/b20-13+. The number of nitrogens with one attached hydrogen (secondary N) is 1. The summed E-state index contributed by atoms with van der Waals surface area (Å²) in [4.78, 5) is 2.42. The molecule has 0 aliphatic rings. The Morgan fingerprint density at radius 1 is 1.00 bits per heavy atom. The Labute approximate surface area is 154 Å². The number of rotatable bonds is 6. The monoisotopic (exact) mass is 378 g/mol. The van der Waals surface area contributed by atoms with Crippen LogP contribution in [0.4, 0.5) is 0 Å². The van der Waals surface area contributed by atoms with E-state index in [0.717, 1.165) is 5.56 Å². The van der Waals surface area contributed by atoms with Crippen molar-refractivity contribution in [3.05, 3.63) is 29.8 Å². The van der Waals surface area contributed by atoms with Crippen LogP contribution in [0.15, 0.2) is 34.3 Å². The van der Waals surface area contributed by atoms with Gasteiger partial charge in [-0.05, 0) is 35.7 Å². The number of hydrazone groups is 1. The van der Waals surface area contributed by atoms with E-state index in [1.54, 1.807) is 24.3 Å². The third-order valence-corrected chi connectivity index (χ3v) is 12.3. The molecule has 0 saturated carbocycles. The van der Waals surface area contributed by atoms with Gasteiger partial charge in [-0.15, -0.1) is 5.54 Å². The van der Waals surface area contributed by atoms with Crippen LogP contribution in [0.1, 0.15) is 47.1 Å². The quantitative estimate of drug-likeness (QED) is 0.343. The van der Waals surface area contributed by atoms with E-state index in [1.807, 2.05) is 6.92 Å². The second-order valence-electron chi connectivity index (χ2n) is 7.33. The minimum Gasteiger partial charge on any atom is -0.200 e. The Kier molecular flexibility index (Phi) is 7.45. The molecule has 0 aromatic heterocycles. The summed E-state index contributed by atoms with van der Waals surface area (Å²) in [6, 6.07) is 6.64. The summed E-state index contributed by atoms with van der Waals surface area (Å²) in [5, 5.41) is 3.81. The zero-order valence-corrected chi connectivity index (χ0v) is 18.1. The molecule has 138 valence electrons. The van der Waals surface area contributed by atoms with Gasteiger partial charge < -0.3 is 0 Å². The highest BCUT2D eigenvalue weighted by atomic mass is 32.2. The lowest BCUT2D eigenvalue weighted by molar-refractivity contribution is 0.584. The summed E-state index contributed by atoms with van der Waals surface area (Å²) in [7, 11) is -5.47. The predicted molar refractivity (Wildman–Crippen MR) is 109 cm³/mol. The second kappa shape index (κ2) is 8.68. The third-order valence-electron chi connectivity index (χ3n) is 4.79. The molecular weight excluding hydrogens is 348 g/mol. The Bertz CT molecular complexity index is 733. The lowest BCUT2D eigenvalue weighted by Gasteiger charge is -2.37. The summed E-state index contributed by atoms with van der Waals surface area (Å²) in [5.41, 5.74) is 6.05. The van der Waals surface area contributed by atoms with Crippen LogP contribution < -0.4 is 4.83 Å². The Balaban J connectivity index is 2.94. The molecule has 0 aliphatic heterocycles. The van der Waals surface area contributed by atoms with Gasteiger partial charge in [-0.3, -0.25) is 0 Å². The number of hydrogen-bond acceptors (Lipinski definition) is 3. The van der Waals surface area contributed by atoms with Gasteiger partial charge >= 0.3 is 0 Å². The first-order chi connectivity index (χ1) is 11.5. The van der Waals surface area contributed by atoms with Crippen molar-refractivity contribution in [2.24, 2.45) is 5.10 Å². The van der Waals surface area contributed by atoms with Crippen molar-refractivity contribution in [3.63, 3.8) is 0 Å². The maximum Gasteiger partial charge on any atom is 0.276 e. The molecule has 0 atom stereocenters. The molecule has 1 rings (SSSR count). The van der Waals surface area contributed by atoms with Gasteiger partial charge in [0.25, 0.3) is 10.0 Å². The summed E-state index contributed by atoms with van der Waals surface area (Å²) in [5.74, 6) is 3.00. The fraction of sp³-hybridized carbons (Fsp3) is 0.526. The molecule has 0 amide bonds. The molecule has 0 fully saturated rings. The van der Waals surface area contributed by atoms with Crippen molar-refractivity contribution < 1.29 is 8.42 Å². The fourth-order valence-electron chi connectivity index (χ4n) is 3.49. The van der Waals surface area contributed by atoms with Crippen molar-refractivity contribution >= 4 is 24.3 Å².